The minimum atomic E-state index is -0.730. The van der Waals surface area contributed by atoms with Crippen molar-refractivity contribution in [3.8, 4) is 33.4 Å². The SMILES string of the molecule is [2H]c1c([2H])c([2H])c(-c2cc(B3OC(C)(C)C(C)(C)O3)cc(-c3ccc(-c4ccc5c(=O)c6ccccc6oc5c4)cc3)c2)c([2H])c1[2H]. The van der Waals surface area contributed by atoms with Crippen LogP contribution in [0.4, 0.5) is 0 Å². The molecule has 1 aliphatic heterocycles. The van der Waals surface area contributed by atoms with Gasteiger partial charge in [-0.1, -0.05) is 84.8 Å². The normalized spacial score (nSPS) is 17.5. The first-order chi connectivity index (χ1) is 22.3. The highest BCUT2D eigenvalue weighted by molar-refractivity contribution is 6.62. The smallest absolute Gasteiger partial charge is 0.456 e. The van der Waals surface area contributed by atoms with Gasteiger partial charge >= 0.3 is 7.12 Å². The van der Waals surface area contributed by atoms with E-state index < -0.39 is 36.4 Å². The van der Waals surface area contributed by atoms with Crippen LogP contribution in [-0.4, -0.2) is 18.3 Å². The molecule has 0 unspecified atom stereocenters. The lowest BCUT2D eigenvalue weighted by molar-refractivity contribution is 0.00578. The van der Waals surface area contributed by atoms with Crippen molar-refractivity contribution in [1.82, 2.24) is 0 Å². The van der Waals surface area contributed by atoms with Gasteiger partial charge in [-0.2, -0.15) is 0 Å². The number of rotatable bonds is 4. The van der Waals surface area contributed by atoms with Gasteiger partial charge < -0.3 is 13.7 Å². The lowest BCUT2D eigenvalue weighted by Crippen LogP contribution is -2.41. The standard InChI is InChI=1S/C37H31BO4/c1-36(2)37(3,4)42-38(41-36)30-21-28(24-10-6-5-7-11-24)20-29(22-30)26-16-14-25(15-17-26)27-18-19-32-34(23-27)40-33-13-9-8-12-31(33)35(32)39/h5-23H,1-4H3/i5D,6D,7D,10D,11D. The van der Waals surface area contributed by atoms with E-state index in [9.17, 15) is 4.79 Å². The Bertz CT molecular complexity index is 2250. The summed E-state index contributed by atoms with van der Waals surface area (Å²) in [7, 11) is -0.730. The summed E-state index contributed by atoms with van der Waals surface area (Å²) in [6, 6.07) is 24.4. The summed E-state index contributed by atoms with van der Waals surface area (Å²) in [5.41, 5.74) is 4.43. The summed E-state index contributed by atoms with van der Waals surface area (Å²) in [5, 5.41) is 1.06. The fourth-order valence-electron chi connectivity index (χ4n) is 5.31. The fraction of sp³-hybridized carbons (Fsp3) is 0.162. The van der Waals surface area contributed by atoms with E-state index in [1.807, 2.05) is 88.4 Å². The molecule has 1 fully saturated rings. The second-order valence-electron chi connectivity index (χ2n) is 11.6. The summed E-state index contributed by atoms with van der Waals surface area (Å²) in [6.45, 7) is 7.86. The molecule has 0 bridgehead atoms. The van der Waals surface area contributed by atoms with Crippen LogP contribution in [0.5, 0.6) is 0 Å². The average Bonchev–Trinajstić information content (AvgIpc) is 3.28. The van der Waals surface area contributed by atoms with E-state index >= 15 is 0 Å². The summed E-state index contributed by atoms with van der Waals surface area (Å²) < 4.78 is 60.6. The Balaban J connectivity index is 1.33. The van der Waals surface area contributed by atoms with Gasteiger partial charge in [0.05, 0.1) is 28.8 Å². The van der Waals surface area contributed by atoms with Crippen LogP contribution < -0.4 is 10.9 Å². The highest BCUT2D eigenvalue weighted by Gasteiger charge is 2.51. The van der Waals surface area contributed by atoms with Gasteiger partial charge in [-0.15, -0.1) is 0 Å². The third kappa shape index (κ3) is 4.55. The number of hydrogen-bond acceptors (Lipinski definition) is 4. The topological polar surface area (TPSA) is 48.7 Å². The fourth-order valence-corrected chi connectivity index (χ4v) is 5.31. The van der Waals surface area contributed by atoms with Gasteiger partial charge in [0.25, 0.3) is 0 Å². The first-order valence-electron chi connectivity index (χ1n) is 16.4. The molecule has 0 atom stereocenters. The lowest BCUT2D eigenvalue weighted by Gasteiger charge is -2.32. The maximum Gasteiger partial charge on any atom is 0.494 e. The van der Waals surface area contributed by atoms with E-state index in [1.54, 1.807) is 24.3 Å². The van der Waals surface area contributed by atoms with Gasteiger partial charge in [0.1, 0.15) is 11.2 Å². The molecule has 6 aromatic rings. The quantitative estimate of drug-likeness (QED) is 0.162. The first-order valence-corrected chi connectivity index (χ1v) is 13.9. The molecular formula is C37H31BO4. The number of benzene rings is 5. The Kier molecular flexibility index (Phi) is 4.98. The molecule has 0 aliphatic carbocycles. The average molecular weight is 555 g/mol. The molecular weight excluding hydrogens is 519 g/mol. The van der Waals surface area contributed by atoms with Crippen LogP contribution in [-0.2, 0) is 9.31 Å². The molecule has 0 radical (unpaired) electrons. The number of hydrogen-bond donors (Lipinski definition) is 0. The predicted octanol–water partition coefficient (Wildman–Crippen LogP) is 8.25. The van der Waals surface area contributed by atoms with Crippen LogP contribution in [0.2, 0.25) is 0 Å². The van der Waals surface area contributed by atoms with Gasteiger partial charge in [0, 0.05) is 0 Å². The van der Waals surface area contributed by atoms with Gasteiger partial charge in [0.15, 0.2) is 0 Å². The molecule has 1 aromatic heterocycles. The van der Waals surface area contributed by atoms with Crippen molar-refractivity contribution in [2.75, 3.05) is 0 Å². The van der Waals surface area contributed by atoms with Crippen LogP contribution in [0.3, 0.4) is 0 Å². The van der Waals surface area contributed by atoms with Crippen molar-refractivity contribution in [2.24, 2.45) is 0 Å². The summed E-state index contributed by atoms with van der Waals surface area (Å²) in [5.74, 6) is 0. The Morgan fingerprint density at radius 2 is 1.17 bits per heavy atom. The third-order valence-corrected chi connectivity index (χ3v) is 8.40. The largest absolute Gasteiger partial charge is 0.494 e. The Morgan fingerprint density at radius 1 is 0.595 bits per heavy atom. The molecule has 5 heteroatoms. The van der Waals surface area contributed by atoms with Crippen LogP contribution in [0.1, 0.15) is 34.5 Å². The van der Waals surface area contributed by atoms with Gasteiger partial charge in [-0.3, -0.25) is 4.79 Å². The number of para-hydroxylation sites is 1. The summed E-state index contributed by atoms with van der Waals surface area (Å²) in [4.78, 5) is 13.0. The molecule has 0 saturated carbocycles. The van der Waals surface area contributed by atoms with Crippen molar-refractivity contribution >= 4 is 34.5 Å². The zero-order chi connectivity index (χ0) is 33.4. The second kappa shape index (κ2) is 9.83. The summed E-state index contributed by atoms with van der Waals surface area (Å²) in [6.07, 6.45) is 0. The van der Waals surface area contributed by atoms with Gasteiger partial charge in [0.2, 0.25) is 5.43 Å². The first kappa shape index (κ1) is 21.3. The maximum absolute atomic E-state index is 13.0. The highest BCUT2D eigenvalue weighted by Crippen LogP contribution is 2.37. The van der Waals surface area contributed by atoms with E-state index in [2.05, 4.69) is 0 Å². The minimum absolute atomic E-state index is 0.0689. The molecule has 1 saturated heterocycles. The third-order valence-electron chi connectivity index (χ3n) is 8.40. The Hall–Kier alpha value is -4.45. The van der Waals surface area contributed by atoms with Crippen molar-refractivity contribution < 1.29 is 20.6 Å². The maximum atomic E-state index is 13.0. The molecule has 2 heterocycles. The van der Waals surface area contributed by atoms with Crippen LogP contribution in [0.25, 0.3) is 55.3 Å². The Labute approximate surface area is 252 Å². The molecule has 4 nitrogen and oxygen atoms in total. The minimum Gasteiger partial charge on any atom is -0.456 e. The van der Waals surface area contributed by atoms with Crippen molar-refractivity contribution in [2.45, 2.75) is 38.9 Å². The van der Waals surface area contributed by atoms with Crippen LogP contribution in [0, 0.1) is 0 Å². The van der Waals surface area contributed by atoms with Crippen molar-refractivity contribution in [3.63, 3.8) is 0 Å². The van der Waals surface area contributed by atoms with Crippen LogP contribution >= 0.6 is 0 Å². The monoisotopic (exact) mass is 555 g/mol. The van der Waals surface area contributed by atoms with Crippen LogP contribution in [0.15, 0.2) is 124 Å². The van der Waals surface area contributed by atoms with Crippen molar-refractivity contribution in [1.29, 1.82) is 0 Å². The Morgan fingerprint density at radius 3 is 1.86 bits per heavy atom. The van der Waals surface area contributed by atoms with E-state index in [0.29, 0.717) is 33.0 Å². The zero-order valence-corrected chi connectivity index (χ0v) is 23.8. The molecule has 5 aromatic carbocycles. The molecule has 1 aliphatic rings. The lowest BCUT2D eigenvalue weighted by atomic mass is 9.76. The molecule has 0 amide bonds. The zero-order valence-electron chi connectivity index (χ0n) is 28.8. The van der Waals surface area contributed by atoms with Crippen molar-refractivity contribution in [3.05, 3.63) is 125 Å². The molecule has 206 valence electrons. The van der Waals surface area contributed by atoms with E-state index in [0.717, 1.165) is 22.3 Å². The highest BCUT2D eigenvalue weighted by atomic mass is 16.7. The van der Waals surface area contributed by atoms with E-state index in [4.69, 9.17) is 20.6 Å². The second-order valence-corrected chi connectivity index (χ2v) is 11.6. The summed E-state index contributed by atoms with van der Waals surface area (Å²) >= 11 is 0. The molecule has 7 rings (SSSR count). The molecule has 0 spiro atoms. The molecule has 42 heavy (non-hydrogen) atoms. The van der Waals surface area contributed by atoms with E-state index in [-0.39, 0.29) is 23.1 Å². The predicted molar refractivity (Wildman–Crippen MR) is 172 cm³/mol. The van der Waals surface area contributed by atoms with Gasteiger partial charge in [-0.05, 0) is 96.9 Å². The van der Waals surface area contributed by atoms with E-state index in [1.165, 1.54) is 0 Å². The molecule has 0 N–H and O–H groups in total. The number of fused-ring (bicyclic) bond motifs is 2. The van der Waals surface area contributed by atoms with Gasteiger partial charge in [-0.25, -0.2) is 0 Å².